The number of hydrogen-bond acceptors (Lipinski definition) is 3. The van der Waals surface area contributed by atoms with E-state index in [1.165, 1.54) is 55.3 Å². The monoisotopic (exact) mass is 809 g/mol. The summed E-state index contributed by atoms with van der Waals surface area (Å²) in [6.07, 6.45) is 0. The van der Waals surface area contributed by atoms with Gasteiger partial charge in [0.1, 0.15) is 11.5 Å². The van der Waals surface area contributed by atoms with Gasteiger partial charge in [0, 0.05) is 17.1 Å². The zero-order valence-corrected chi connectivity index (χ0v) is 34.6. The molecule has 10 aromatic rings. The molecule has 0 unspecified atom stereocenters. The van der Waals surface area contributed by atoms with E-state index in [2.05, 4.69) is 229 Å². The molecule has 10 aromatic carbocycles. The molecule has 2 nitrogen and oxygen atoms in total. The molecule has 1 aliphatic carbocycles. The Balaban J connectivity index is 1.10. The fourth-order valence-corrected chi connectivity index (χ4v) is 10.9. The molecule has 0 amide bonds. The molecule has 0 saturated carbocycles. The molecule has 0 radical (unpaired) electrons. The third-order valence-corrected chi connectivity index (χ3v) is 13.7. The van der Waals surface area contributed by atoms with Crippen molar-refractivity contribution in [1.29, 1.82) is 0 Å². The minimum Gasteiger partial charge on any atom is -0.455 e. The Morgan fingerprint density at radius 2 is 0.984 bits per heavy atom. The first-order valence-electron chi connectivity index (χ1n) is 21.2. The molecule has 0 saturated heterocycles. The lowest BCUT2D eigenvalue weighted by atomic mass is 9.67. The number of hydrogen-bond donors (Lipinski definition) is 0. The lowest BCUT2D eigenvalue weighted by Crippen LogP contribution is -2.28. The molecular weight excluding hydrogens is 771 g/mol. The van der Waals surface area contributed by atoms with Crippen LogP contribution >= 0.6 is 11.8 Å². The van der Waals surface area contributed by atoms with Gasteiger partial charge in [-0.15, -0.1) is 0 Å². The first-order chi connectivity index (χ1) is 30.7. The minimum atomic E-state index is -0.546. The normalized spacial score (nSPS) is 13.0. The molecule has 12 rings (SSSR count). The average Bonchev–Trinajstić information content (AvgIpc) is 3.65. The van der Waals surface area contributed by atoms with Gasteiger partial charge in [-0.3, -0.25) is 0 Å². The first kappa shape index (κ1) is 36.3. The number of para-hydroxylation sites is 2. The highest BCUT2D eigenvalue weighted by Gasteiger charge is 2.47. The van der Waals surface area contributed by atoms with Crippen LogP contribution in [0.15, 0.2) is 246 Å². The Hall–Kier alpha value is -7.59. The van der Waals surface area contributed by atoms with Crippen molar-refractivity contribution in [3.63, 3.8) is 0 Å². The van der Waals surface area contributed by atoms with Crippen molar-refractivity contribution < 1.29 is 4.74 Å². The summed E-state index contributed by atoms with van der Waals surface area (Å²) >= 11 is 1.76. The number of anilines is 3. The van der Waals surface area contributed by atoms with E-state index >= 15 is 0 Å². The third-order valence-electron chi connectivity index (χ3n) is 12.6. The number of nitrogens with zero attached hydrogens (tertiary/aromatic N) is 1. The van der Waals surface area contributed by atoms with E-state index in [-0.39, 0.29) is 0 Å². The van der Waals surface area contributed by atoms with Crippen LogP contribution in [0.25, 0.3) is 44.2 Å². The zero-order valence-electron chi connectivity index (χ0n) is 33.8. The smallest absolute Gasteiger partial charge is 0.141 e. The second-order valence-electron chi connectivity index (χ2n) is 16.0. The van der Waals surface area contributed by atoms with Gasteiger partial charge in [-0.25, -0.2) is 0 Å². The Bertz CT molecular complexity index is 3250. The summed E-state index contributed by atoms with van der Waals surface area (Å²) in [5, 5.41) is 2.52. The number of ether oxygens (including phenoxy) is 1. The molecule has 0 atom stereocenters. The summed E-state index contributed by atoms with van der Waals surface area (Å²) in [5.41, 5.74) is 15.0. The number of benzene rings is 10. The van der Waals surface area contributed by atoms with Crippen LogP contribution in [0, 0.1) is 0 Å². The quantitative estimate of drug-likeness (QED) is 0.159. The van der Waals surface area contributed by atoms with Crippen LogP contribution in [-0.4, -0.2) is 0 Å². The van der Waals surface area contributed by atoms with Crippen molar-refractivity contribution in [2.24, 2.45) is 0 Å². The molecule has 3 heteroatoms. The van der Waals surface area contributed by atoms with Crippen molar-refractivity contribution in [1.82, 2.24) is 0 Å². The van der Waals surface area contributed by atoms with E-state index in [0.29, 0.717) is 0 Å². The van der Waals surface area contributed by atoms with Crippen molar-refractivity contribution >= 4 is 39.6 Å². The van der Waals surface area contributed by atoms with Gasteiger partial charge >= 0.3 is 0 Å². The Morgan fingerprint density at radius 3 is 1.76 bits per heavy atom. The zero-order chi connectivity index (χ0) is 41.0. The average molecular weight is 810 g/mol. The predicted octanol–water partition coefficient (Wildman–Crippen LogP) is 16.3. The van der Waals surface area contributed by atoms with E-state index < -0.39 is 5.41 Å². The Labute approximate surface area is 366 Å². The van der Waals surface area contributed by atoms with Crippen LogP contribution in [0.5, 0.6) is 11.5 Å². The fraction of sp³-hybridized carbons (Fsp3) is 0.0169. The molecule has 0 fully saturated rings. The van der Waals surface area contributed by atoms with Crippen molar-refractivity contribution in [3.05, 3.63) is 259 Å². The summed E-state index contributed by atoms with van der Waals surface area (Å²) in [6.45, 7) is 0. The van der Waals surface area contributed by atoms with Gasteiger partial charge in [0.15, 0.2) is 0 Å². The topological polar surface area (TPSA) is 12.5 Å². The standard InChI is InChI=1S/C59H39NOS/c1-5-17-40(18-6-1)48-34-31-46(60(45-24-11-4-12-25-45)47-32-36-55-57(39-47)62-56-28-16-15-27-54(56)61-55)38-51(48)42-29-33-50-53(37-42)59(43-20-7-2-8-21-43,44-22-9-3-10-23-44)52-35-30-41-19-13-14-26-49(41)58(50)52/h1-39H. The van der Waals surface area contributed by atoms with Crippen LogP contribution < -0.4 is 9.64 Å². The molecular formula is C59H39NOS. The summed E-state index contributed by atoms with van der Waals surface area (Å²) in [5.74, 6) is 1.77. The highest BCUT2D eigenvalue weighted by atomic mass is 32.2. The summed E-state index contributed by atoms with van der Waals surface area (Å²) in [7, 11) is 0. The van der Waals surface area contributed by atoms with E-state index in [1.807, 2.05) is 12.1 Å². The van der Waals surface area contributed by atoms with Gasteiger partial charge in [-0.2, -0.15) is 0 Å². The second kappa shape index (κ2) is 14.8. The van der Waals surface area contributed by atoms with E-state index in [4.69, 9.17) is 4.74 Å². The third kappa shape index (κ3) is 5.81. The molecule has 1 heterocycles. The fourth-order valence-electron chi connectivity index (χ4n) is 9.88. The molecule has 0 N–H and O–H groups in total. The van der Waals surface area contributed by atoms with Crippen LogP contribution in [0.3, 0.4) is 0 Å². The van der Waals surface area contributed by atoms with E-state index in [0.717, 1.165) is 49.5 Å². The second-order valence-corrected chi connectivity index (χ2v) is 17.1. The van der Waals surface area contributed by atoms with Crippen LogP contribution in [0.2, 0.25) is 0 Å². The number of fused-ring (bicyclic) bond motifs is 7. The molecule has 292 valence electrons. The van der Waals surface area contributed by atoms with Crippen molar-refractivity contribution in [2.75, 3.05) is 4.90 Å². The van der Waals surface area contributed by atoms with E-state index in [1.54, 1.807) is 11.8 Å². The van der Waals surface area contributed by atoms with E-state index in [9.17, 15) is 0 Å². The summed E-state index contributed by atoms with van der Waals surface area (Å²) in [4.78, 5) is 4.58. The molecule has 1 aliphatic heterocycles. The van der Waals surface area contributed by atoms with Gasteiger partial charge in [0.2, 0.25) is 0 Å². The summed E-state index contributed by atoms with van der Waals surface area (Å²) < 4.78 is 6.39. The predicted molar refractivity (Wildman–Crippen MR) is 257 cm³/mol. The molecule has 62 heavy (non-hydrogen) atoms. The molecule has 0 bridgehead atoms. The lowest BCUT2D eigenvalue weighted by molar-refractivity contribution is 0.454. The highest BCUT2D eigenvalue weighted by Crippen LogP contribution is 2.59. The van der Waals surface area contributed by atoms with Crippen molar-refractivity contribution in [2.45, 2.75) is 15.2 Å². The molecule has 2 aliphatic rings. The highest BCUT2D eigenvalue weighted by molar-refractivity contribution is 7.99. The maximum Gasteiger partial charge on any atom is 0.141 e. The largest absolute Gasteiger partial charge is 0.455 e. The SMILES string of the molecule is c1ccc(-c2ccc(N(c3ccccc3)c3ccc4c(c3)Sc3ccccc3O4)cc2-c2ccc3c(c2)C(c2ccccc2)(c2ccccc2)c2ccc4ccccc4c2-3)cc1. The van der Waals surface area contributed by atoms with Gasteiger partial charge < -0.3 is 9.64 Å². The van der Waals surface area contributed by atoms with Crippen LogP contribution in [0.4, 0.5) is 17.1 Å². The van der Waals surface area contributed by atoms with Gasteiger partial charge in [-0.05, 0) is 127 Å². The van der Waals surface area contributed by atoms with Gasteiger partial charge in [-0.1, -0.05) is 188 Å². The van der Waals surface area contributed by atoms with Gasteiger partial charge in [0.25, 0.3) is 0 Å². The lowest BCUT2D eigenvalue weighted by Gasteiger charge is -2.34. The van der Waals surface area contributed by atoms with Crippen LogP contribution in [0.1, 0.15) is 22.3 Å². The van der Waals surface area contributed by atoms with Crippen LogP contribution in [-0.2, 0) is 5.41 Å². The minimum absolute atomic E-state index is 0.546. The molecule has 0 aromatic heterocycles. The Morgan fingerprint density at radius 1 is 0.371 bits per heavy atom. The molecule has 0 spiro atoms. The first-order valence-corrected chi connectivity index (χ1v) is 22.0. The maximum atomic E-state index is 6.39. The van der Waals surface area contributed by atoms with Gasteiger partial charge in [0.05, 0.1) is 15.2 Å². The summed E-state index contributed by atoms with van der Waals surface area (Å²) in [6, 6.07) is 86.2. The maximum absolute atomic E-state index is 6.39. The Kier molecular flexibility index (Phi) is 8.69. The number of rotatable bonds is 7. The van der Waals surface area contributed by atoms with Crippen molar-refractivity contribution in [3.8, 4) is 44.9 Å².